The number of nitrogens with two attached hydrogens (primary N) is 1. The molecule has 0 atom stereocenters. The first kappa shape index (κ1) is 21.5. The lowest BCUT2D eigenvalue weighted by atomic mass is 10.2. The SMILES string of the molecule is C#CCn1c(=NC(=O)c2ccc(Oc3ccccc3)cc2)sc2cc(S(N)(=O)=O)ccc21. The summed E-state index contributed by atoms with van der Waals surface area (Å²) in [6.07, 6.45) is 5.48. The fourth-order valence-corrected chi connectivity index (χ4v) is 4.68. The van der Waals surface area contributed by atoms with Crippen LogP contribution in [0.3, 0.4) is 0 Å². The van der Waals surface area contributed by atoms with Gasteiger partial charge in [0, 0.05) is 5.56 Å². The van der Waals surface area contributed by atoms with Crippen molar-refractivity contribution in [2.24, 2.45) is 10.1 Å². The number of terminal acetylenes is 1. The van der Waals surface area contributed by atoms with Crippen LogP contribution in [-0.4, -0.2) is 18.9 Å². The number of para-hydroxylation sites is 1. The molecule has 0 saturated carbocycles. The molecule has 1 aromatic heterocycles. The summed E-state index contributed by atoms with van der Waals surface area (Å²) in [7, 11) is -3.86. The number of amides is 1. The monoisotopic (exact) mass is 463 g/mol. The Balaban J connectivity index is 1.67. The lowest BCUT2D eigenvalue weighted by Crippen LogP contribution is -2.16. The van der Waals surface area contributed by atoms with Crippen molar-refractivity contribution in [3.63, 3.8) is 0 Å². The summed E-state index contributed by atoms with van der Waals surface area (Å²) in [6.45, 7) is 0.171. The molecular formula is C23H17N3O4S2. The standard InChI is InChI=1S/C23H17N3O4S2/c1-2-14-26-20-13-12-19(32(24,28)29)15-21(20)31-23(26)25-22(27)16-8-10-18(11-9-16)30-17-6-4-3-5-7-17/h1,3-13,15H,14H2,(H2,24,28,29). The van der Waals surface area contributed by atoms with E-state index in [-0.39, 0.29) is 11.4 Å². The Labute approximate surface area is 188 Å². The van der Waals surface area contributed by atoms with Gasteiger partial charge in [-0.25, -0.2) is 13.6 Å². The number of rotatable bonds is 5. The molecule has 0 aliphatic heterocycles. The van der Waals surface area contributed by atoms with Crippen molar-refractivity contribution in [3.8, 4) is 23.8 Å². The minimum absolute atomic E-state index is 0.0222. The van der Waals surface area contributed by atoms with Crippen molar-refractivity contribution < 1.29 is 17.9 Å². The second kappa shape index (κ2) is 8.80. The molecule has 1 heterocycles. The van der Waals surface area contributed by atoms with E-state index in [2.05, 4.69) is 10.9 Å². The molecule has 3 aromatic carbocycles. The van der Waals surface area contributed by atoms with Gasteiger partial charge in [0.05, 0.1) is 21.7 Å². The zero-order chi connectivity index (χ0) is 22.7. The lowest BCUT2D eigenvalue weighted by Gasteiger charge is -2.05. The minimum atomic E-state index is -3.86. The van der Waals surface area contributed by atoms with E-state index < -0.39 is 15.9 Å². The first-order chi connectivity index (χ1) is 15.3. The molecule has 4 rings (SSSR count). The van der Waals surface area contributed by atoms with Crippen molar-refractivity contribution in [2.45, 2.75) is 11.4 Å². The van der Waals surface area contributed by atoms with Crippen LogP contribution in [0.5, 0.6) is 11.5 Å². The first-order valence-electron chi connectivity index (χ1n) is 9.37. The number of hydrogen-bond donors (Lipinski definition) is 1. The highest BCUT2D eigenvalue weighted by atomic mass is 32.2. The number of primary sulfonamides is 1. The highest BCUT2D eigenvalue weighted by Crippen LogP contribution is 2.23. The predicted octanol–water partition coefficient (Wildman–Crippen LogP) is 3.52. The van der Waals surface area contributed by atoms with Crippen LogP contribution >= 0.6 is 11.3 Å². The lowest BCUT2D eigenvalue weighted by molar-refractivity contribution is 0.0998. The van der Waals surface area contributed by atoms with Gasteiger partial charge in [0.2, 0.25) is 10.0 Å². The second-order valence-electron chi connectivity index (χ2n) is 6.71. The quantitative estimate of drug-likeness (QED) is 0.457. The Morgan fingerprint density at radius 3 is 2.41 bits per heavy atom. The van der Waals surface area contributed by atoms with Crippen LogP contribution in [0.25, 0.3) is 10.2 Å². The highest BCUT2D eigenvalue weighted by molar-refractivity contribution is 7.89. The molecule has 0 unspecified atom stereocenters. The maximum atomic E-state index is 12.8. The molecule has 2 N–H and O–H groups in total. The van der Waals surface area contributed by atoms with Crippen LogP contribution in [0.2, 0.25) is 0 Å². The van der Waals surface area contributed by atoms with Crippen molar-refractivity contribution in [1.29, 1.82) is 0 Å². The van der Waals surface area contributed by atoms with Gasteiger partial charge in [0.25, 0.3) is 5.91 Å². The van der Waals surface area contributed by atoms with Crippen LogP contribution in [0.1, 0.15) is 10.4 Å². The molecule has 32 heavy (non-hydrogen) atoms. The molecule has 160 valence electrons. The van der Waals surface area contributed by atoms with E-state index >= 15 is 0 Å². The zero-order valence-electron chi connectivity index (χ0n) is 16.6. The van der Waals surface area contributed by atoms with Crippen LogP contribution in [-0.2, 0) is 16.6 Å². The number of thiazole rings is 1. The third-order valence-electron chi connectivity index (χ3n) is 4.51. The molecule has 1 amide bonds. The molecule has 0 radical (unpaired) electrons. The molecule has 0 bridgehead atoms. The smallest absolute Gasteiger partial charge is 0.279 e. The molecule has 7 nitrogen and oxygen atoms in total. The molecule has 0 saturated heterocycles. The van der Waals surface area contributed by atoms with E-state index in [0.29, 0.717) is 32.1 Å². The molecule has 0 aliphatic carbocycles. The fourth-order valence-electron chi connectivity index (χ4n) is 3.00. The summed E-state index contributed by atoms with van der Waals surface area (Å²) in [6, 6.07) is 20.4. The largest absolute Gasteiger partial charge is 0.457 e. The van der Waals surface area contributed by atoms with E-state index in [1.807, 2.05) is 30.3 Å². The summed E-state index contributed by atoms with van der Waals surface area (Å²) in [4.78, 5) is 17.3. The van der Waals surface area contributed by atoms with Gasteiger partial charge in [-0.3, -0.25) is 4.79 Å². The number of hydrogen-bond acceptors (Lipinski definition) is 5. The molecule has 4 aromatic rings. The number of aromatic nitrogens is 1. The van der Waals surface area contributed by atoms with Crippen molar-refractivity contribution in [1.82, 2.24) is 4.57 Å². The Morgan fingerprint density at radius 1 is 1.06 bits per heavy atom. The zero-order valence-corrected chi connectivity index (χ0v) is 18.3. The van der Waals surface area contributed by atoms with Crippen molar-refractivity contribution in [3.05, 3.63) is 83.2 Å². The number of ether oxygens (including phenoxy) is 1. The Kier molecular flexibility index (Phi) is 5.92. The topological polar surface area (TPSA) is 104 Å². The van der Waals surface area contributed by atoms with Gasteiger partial charge >= 0.3 is 0 Å². The van der Waals surface area contributed by atoms with Gasteiger partial charge in [-0.1, -0.05) is 35.5 Å². The summed E-state index contributed by atoms with van der Waals surface area (Å²) >= 11 is 1.16. The van der Waals surface area contributed by atoms with E-state index in [4.69, 9.17) is 16.3 Å². The first-order valence-corrected chi connectivity index (χ1v) is 11.7. The maximum Gasteiger partial charge on any atom is 0.279 e. The van der Waals surface area contributed by atoms with Crippen LogP contribution in [0.4, 0.5) is 0 Å². The molecule has 0 spiro atoms. The number of nitrogens with zero attached hydrogens (tertiary/aromatic N) is 2. The summed E-state index contributed by atoms with van der Waals surface area (Å²) in [5, 5.41) is 5.22. The highest BCUT2D eigenvalue weighted by Gasteiger charge is 2.13. The van der Waals surface area contributed by atoms with Gasteiger partial charge in [-0.2, -0.15) is 4.99 Å². The third-order valence-corrected chi connectivity index (χ3v) is 6.46. The molecule has 0 aliphatic rings. The van der Waals surface area contributed by atoms with Gasteiger partial charge in [0.15, 0.2) is 4.80 Å². The minimum Gasteiger partial charge on any atom is -0.457 e. The van der Waals surface area contributed by atoms with Crippen molar-refractivity contribution in [2.75, 3.05) is 0 Å². The number of fused-ring (bicyclic) bond motifs is 1. The van der Waals surface area contributed by atoms with Gasteiger partial charge in [0.1, 0.15) is 11.5 Å². The van der Waals surface area contributed by atoms with Crippen molar-refractivity contribution >= 4 is 37.5 Å². The summed E-state index contributed by atoms with van der Waals surface area (Å²) in [5.41, 5.74) is 1.04. The third kappa shape index (κ3) is 4.63. The molecular weight excluding hydrogens is 446 g/mol. The molecule has 0 fully saturated rings. The Bertz CT molecular complexity index is 1510. The number of benzene rings is 3. The summed E-state index contributed by atoms with van der Waals surface area (Å²) < 4.78 is 31.3. The number of carbonyl (C=O) groups excluding carboxylic acids is 1. The fraction of sp³-hybridized carbons (Fsp3) is 0.0435. The van der Waals surface area contributed by atoms with Gasteiger partial charge in [-0.05, 0) is 54.6 Å². The van der Waals surface area contributed by atoms with Crippen LogP contribution < -0.4 is 14.7 Å². The predicted molar refractivity (Wildman–Crippen MR) is 123 cm³/mol. The van der Waals surface area contributed by atoms with E-state index in [1.165, 1.54) is 12.1 Å². The van der Waals surface area contributed by atoms with Crippen LogP contribution in [0, 0.1) is 12.3 Å². The van der Waals surface area contributed by atoms with E-state index in [0.717, 1.165) is 11.3 Å². The normalized spacial score (nSPS) is 11.9. The number of carbonyl (C=O) groups is 1. The van der Waals surface area contributed by atoms with Gasteiger partial charge < -0.3 is 9.30 Å². The Morgan fingerprint density at radius 2 is 1.75 bits per heavy atom. The number of sulfonamides is 1. The van der Waals surface area contributed by atoms with E-state index in [9.17, 15) is 13.2 Å². The van der Waals surface area contributed by atoms with E-state index in [1.54, 1.807) is 34.9 Å². The Hall–Kier alpha value is -3.71. The second-order valence-corrected chi connectivity index (χ2v) is 9.28. The van der Waals surface area contributed by atoms with Gasteiger partial charge in [-0.15, -0.1) is 6.42 Å². The van der Waals surface area contributed by atoms with Crippen LogP contribution in [0.15, 0.2) is 82.7 Å². The average molecular weight is 464 g/mol. The average Bonchev–Trinajstić information content (AvgIpc) is 3.11. The maximum absolute atomic E-state index is 12.8. The summed E-state index contributed by atoms with van der Waals surface area (Å²) in [5.74, 6) is 3.35. The molecule has 9 heteroatoms.